The lowest BCUT2D eigenvalue weighted by Crippen LogP contribution is -2.33. The maximum absolute atomic E-state index is 10.8. The lowest BCUT2D eigenvalue weighted by Gasteiger charge is -2.34. The summed E-state index contributed by atoms with van der Waals surface area (Å²) in [7, 11) is 0. The Morgan fingerprint density at radius 1 is 1.20 bits per heavy atom. The number of carboxylic acids is 1. The molecule has 4 nitrogen and oxygen atoms in total. The van der Waals surface area contributed by atoms with Crippen molar-refractivity contribution in [2.24, 2.45) is 17.8 Å². The number of carbonyl (C=O) groups is 1. The largest absolute Gasteiger partial charge is 0.481 e. The van der Waals surface area contributed by atoms with Crippen LogP contribution in [0.15, 0.2) is 11.6 Å². The average molecular weight is 350 g/mol. The van der Waals surface area contributed by atoms with Crippen LogP contribution >= 0.6 is 0 Å². The number of hydrogen-bond acceptors (Lipinski definition) is 3. The zero-order chi connectivity index (χ0) is 17.9. The maximum Gasteiger partial charge on any atom is 0.303 e. The van der Waals surface area contributed by atoms with Crippen molar-refractivity contribution in [3.63, 3.8) is 0 Å². The summed E-state index contributed by atoms with van der Waals surface area (Å²) in [5.74, 6) is 0.769. The van der Waals surface area contributed by atoms with Crippen LogP contribution in [0.2, 0.25) is 0 Å². The van der Waals surface area contributed by atoms with Gasteiger partial charge in [0.15, 0.2) is 0 Å². The molecule has 3 rings (SSSR count). The first kappa shape index (κ1) is 18.9. The highest BCUT2D eigenvalue weighted by atomic mass is 16.4. The van der Waals surface area contributed by atoms with E-state index in [4.69, 9.17) is 5.11 Å². The predicted octanol–water partition coefficient (Wildman–Crippen LogP) is 4.05. The summed E-state index contributed by atoms with van der Waals surface area (Å²) in [6, 6.07) is 0. The minimum atomic E-state index is -0.717. The van der Waals surface area contributed by atoms with Gasteiger partial charge >= 0.3 is 5.97 Å². The molecule has 3 N–H and O–H groups in total. The fourth-order valence-electron chi connectivity index (χ4n) is 5.60. The van der Waals surface area contributed by atoms with Crippen LogP contribution in [0.25, 0.3) is 0 Å². The molecular formula is C21H34O4. The second-order valence-electron chi connectivity index (χ2n) is 8.77. The molecule has 142 valence electrons. The van der Waals surface area contributed by atoms with Gasteiger partial charge in [-0.3, -0.25) is 4.79 Å². The average Bonchev–Trinajstić information content (AvgIpc) is 3.07. The molecule has 0 spiro atoms. The van der Waals surface area contributed by atoms with E-state index in [9.17, 15) is 15.0 Å². The van der Waals surface area contributed by atoms with Gasteiger partial charge in [-0.25, -0.2) is 0 Å². The first-order chi connectivity index (χ1) is 12.0. The Morgan fingerprint density at radius 3 is 2.68 bits per heavy atom. The van der Waals surface area contributed by atoms with Crippen LogP contribution in [-0.2, 0) is 4.79 Å². The molecule has 0 amide bonds. The van der Waals surface area contributed by atoms with Crippen LogP contribution in [0.1, 0.15) is 83.5 Å². The van der Waals surface area contributed by atoms with Crippen LogP contribution in [0.5, 0.6) is 0 Å². The van der Waals surface area contributed by atoms with Crippen molar-refractivity contribution in [3.05, 3.63) is 11.6 Å². The van der Waals surface area contributed by atoms with Crippen LogP contribution in [0, 0.1) is 17.8 Å². The van der Waals surface area contributed by atoms with Gasteiger partial charge in [0, 0.05) is 6.42 Å². The summed E-state index contributed by atoms with van der Waals surface area (Å²) >= 11 is 0. The Morgan fingerprint density at radius 2 is 1.96 bits per heavy atom. The van der Waals surface area contributed by atoms with Gasteiger partial charge in [0.1, 0.15) is 0 Å². The molecule has 0 saturated heterocycles. The smallest absolute Gasteiger partial charge is 0.303 e. The summed E-state index contributed by atoms with van der Waals surface area (Å²) in [6.45, 7) is 0. The quantitative estimate of drug-likeness (QED) is 0.478. The molecule has 3 saturated carbocycles. The number of aliphatic hydroxyl groups excluding tert-OH is 1. The van der Waals surface area contributed by atoms with Gasteiger partial charge in [0.2, 0.25) is 0 Å². The van der Waals surface area contributed by atoms with Crippen molar-refractivity contribution in [1.82, 2.24) is 0 Å². The molecule has 4 atom stereocenters. The third-order valence-electron chi connectivity index (χ3n) is 6.97. The molecule has 0 aromatic carbocycles. The normalized spacial score (nSPS) is 35.8. The summed E-state index contributed by atoms with van der Waals surface area (Å²) in [5, 5.41) is 30.0. The highest BCUT2D eigenvalue weighted by Gasteiger charge is 2.46. The molecule has 0 aliphatic heterocycles. The minimum Gasteiger partial charge on any atom is -0.481 e. The van der Waals surface area contributed by atoms with Crippen LogP contribution in [-0.4, -0.2) is 33.0 Å². The van der Waals surface area contributed by atoms with Crippen LogP contribution in [0.4, 0.5) is 0 Å². The zero-order valence-electron chi connectivity index (χ0n) is 15.3. The number of carboxylic acid groups (broad SMARTS) is 1. The number of fused-ring (bicyclic) bond motifs is 1. The number of allylic oxidation sites excluding steroid dienone is 2. The van der Waals surface area contributed by atoms with E-state index < -0.39 is 11.6 Å². The van der Waals surface area contributed by atoms with E-state index in [2.05, 4.69) is 6.08 Å². The van der Waals surface area contributed by atoms with Crippen molar-refractivity contribution in [1.29, 1.82) is 0 Å². The molecular weight excluding hydrogens is 316 g/mol. The number of aliphatic hydroxyl groups is 2. The van der Waals surface area contributed by atoms with Crippen LogP contribution < -0.4 is 0 Å². The van der Waals surface area contributed by atoms with E-state index in [1.807, 2.05) is 0 Å². The van der Waals surface area contributed by atoms with Crippen molar-refractivity contribution >= 4 is 5.97 Å². The number of hydrogen-bond donors (Lipinski definition) is 3. The molecule has 0 aromatic heterocycles. The number of rotatable bonds is 7. The van der Waals surface area contributed by atoms with Crippen molar-refractivity contribution < 1.29 is 20.1 Å². The second kappa shape index (κ2) is 8.22. The van der Waals surface area contributed by atoms with E-state index in [0.29, 0.717) is 24.2 Å². The Balaban J connectivity index is 1.50. The van der Waals surface area contributed by atoms with Gasteiger partial charge < -0.3 is 15.3 Å². The highest BCUT2D eigenvalue weighted by molar-refractivity contribution is 5.66. The van der Waals surface area contributed by atoms with E-state index in [1.165, 1.54) is 12.0 Å². The predicted molar refractivity (Wildman–Crippen MR) is 97.2 cm³/mol. The monoisotopic (exact) mass is 350 g/mol. The molecule has 4 unspecified atom stereocenters. The molecule has 25 heavy (non-hydrogen) atoms. The van der Waals surface area contributed by atoms with E-state index >= 15 is 0 Å². The number of aliphatic carboxylic acids is 1. The van der Waals surface area contributed by atoms with Gasteiger partial charge in [-0.15, -0.1) is 0 Å². The van der Waals surface area contributed by atoms with Crippen LogP contribution in [0.3, 0.4) is 0 Å². The SMILES string of the molecule is O=C(O)CCCC=C1CC2CC(O)C(CCC3(O)CCCCC3)C2C1. The second-order valence-corrected chi connectivity index (χ2v) is 8.77. The molecule has 0 bridgehead atoms. The Bertz CT molecular complexity index is 492. The first-order valence-electron chi connectivity index (χ1n) is 10.3. The van der Waals surface area contributed by atoms with Gasteiger partial charge in [-0.2, -0.15) is 0 Å². The van der Waals surface area contributed by atoms with Gasteiger partial charge in [0.25, 0.3) is 0 Å². The summed E-state index contributed by atoms with van der Waals surface area (Å²) < 4.78 is 0. The van der Waals surface area contributed by atoms with E-state index in [1.54, 1.807) is 0 Å². The molecule has 3 fully saturated rings. The lowest BCUT2D eigenvalue weighted by atomic mass is 9.78. The highest BCUT2D eigenvalue weighted by Crippen LogP contribution is 2.52. The first-order valence-corrected chi connectivity index (χ1v) is 10.3. The Kier molecular flexibility index (Phi) is 6.21. The standard InChI is InChI=1S/C21H34O4/c22-19-14-16-12-15(6-2-3-7-20(23)24)13-18(16)17(19)8-11-21(25)9-4-1-5-10-21/h6,16-19,22,25H,1-5,7-14H2,(H,23,24). The molecule has 0 heterocycles. The number of unbranched alkanes of at least 4 members (excludes halogenated alkanes) is 1. The summed E-state index contributed by atoms with van der Waals surface area (Å²) in [4.78, 5) is 10.6. The third kappa shape index (κ3) is 4.85. The van der Waals surface area contributed by atoms with Gasteiger partial charge in [-0.05, 0) is 75.5 Å². The topological polar surface area (TPSA) is 77.8 Å². The van der Waals surface area contributed by atoms with E-state index in [0.717, 1.165) is 64.2 Å². The maximum atomic E-state index is 10.8. The zero-order valence-corrected chi connectivity index (χ0v) is 15.3. The third-order valence-corrected chi connectivity index (χ3v) is 6.97. The van der Waals surface area contributed by atoms with Crippen molar-refractivity contribution in [2.45, 2.75) is 95.2 Å². The van der Waals surface area contributed by atoms with Crippen molar-refractivity contribution in [3.8, 4) is 0 Å². The van der Waals surface area contributed by atoms with Gasteiger partial charge in [0.05, 0.1) is 11.7 Å². The molecule has 0 radical (unpaired) electrons. The summed E-state index contributed by atoms with van der Waals surface area (Å²) in [6.07, 6.45) is 14.1. The fourth-order valence-corrected chi connectivity index (χ4v) is 5.60. The fraction of sp³-hybridized carbons (Fsp3) is 0.857. The molecule has 0 aromatic rings. The molecule has 4 heteroatoms. The minimum absolute atomic E-state index is 0.198. The molecule has 3 aliphatic carbocycles. The van der Waals surface area contributed by atoms with E-state index in [-0.39, 0.29) is 12.5 Å². The van der Waals surface area contributed by atoms with Crippen molar-refractivity contribution in [2.75, 3.05) is 0 Å². The Labute approximate surface area is 151 Å². The Hall–Kier alpha value is -0.870. The lowest BCUT2D eigenvalue weighted by molar-refractivity contribution is -0.137. The van der Waals surface area contributed by atoms with Gasteiger partial charge in [-0.1, -0.05) is 30.9 Å². The summed E-state index contributed by atoms with van der Waals surface area (Å²) in [5.41, 5.74) is 0.984. The molecule has 3 aliphatic rings.